The Morgan fingerprint density at radius 1 is 1.04 bits per heavy atom. The average Bonchev–Trinajstić information content (AvgIpc) is 2.68. The summed E-state index contributed by atoms with van der Waals surface area (Å²) in [6, 6.07) is 16.2. The minimum Gasteiger partial charge on any atom is -0.460 e. The molecule has 7 heteroatoms. The Labute approximate surface area is 149 Å². The number of carbonyl (C=O) groups is 2. The quantitative estimate of drug-likeness (QED) is 0.675. The SMILES string of the molecule is O=C(Cn1ncc(=O)c2ccccc21)NCC(=O)OCc1ccccc1. The molecule has 26 heavy (non-hydrogen) atoms. The molecule has 1 amide bonds. The minimum absolute atomic E-state index is 0.104. The molecule has 0 saturated heterocycles. The summed E-state index contributed by atoms with van der Waals surface area (Å²) in [4.78, 5) is 35.6. The fourth-order valence-electron chi connectivity index (χ4n) is 2.44. The van der Waals surface area contributed by atoms with Crippen LogP contribution in [0.15, 0.2) is 65.6 Å². The summed E-state index contributed by atoms with van der Waals surface area (Å²) in [7, 11) is 0. The van der Waals surface area contributed by atoms with Gasteiger partial charge in [0.15, 0.2) is 0 Å². The van der Waals surface area contributed by atoms with E-state index in [-0.39, 0.29) is 25.1 Å². The third-order valence-electron chi connectivity index (χ3n) is 3.73. The fraction of sp³-hybridized carbons (Fsp3) is 0.158. The topological polar surface area (TPSA) is 90.3 Å². The number of para-hydroxylation sites is 1. The lowest BCUT2D eigenvalue weighted by Crippen LogP contribution is -2.34. The number of ether oxygens (including phenoxy) is 1. The lowest BCUT2D eigenvalue weighted by Gasteiger charge is -2.10. The zero-order valence-electron chi connectivity index (χ0n) is 13.9. The maximum absolute atomic E-state index is 12.1. The number of fused-ring (bicyclic) bond motifs is 1. The van der Waals surface area contributed by atoms with Gasteiger partial charge in [-0.1, -0.05) is 42.5 Å². The van der Waals surface area contributed by atoms with Gasteiger partial charge in [0, 0.05) is 5.39 Å². The third-order valence-corrected chi connectivity index (χ3v) is 3.73. The maximum atomic E-state index is 12.1. The standard InChI is InChI=1S/C19H17N3O4/c23-17-10-21-22(16-9-5-4-8-15(16)17)12-18(24)20-11-19(25)26-13-14-6-2-1-3-7-14/h1-10H,11-13H2,(H,20,24). The van der Waals surface area contributed by atoms with Crippen LogP contribution in [-0.2, 0) is 27.5 Å². The molecule has 0 bridgehead atoms. The molecule has 0 spiro atoms. The van der Waals surface area contributed by atoms with E-state index in [0.717, 1.165) is 5.56 Å². The van der Waals surface area contributed by atoms with E-state index in [1.807, 2.05) is 30.3 Å². The molecule has 0 fully saturated rings. The number of nitrogens with one attached hydrogen (secondary N) is 1. The monoisotopic (exact) mass is 351 g/mol. The molecule has 0 radical (unpaired) electrons. The van der Waals surface area contributed by atoms with Gasteiger partial charge in [0.05, 0.1) is 11.7 Å². The van der Waals surface area contributed by atoms with Gasteiger partial charge in [0.1, 0.15) is 19.7 Å². The van der Waals surface area contributed by atoms with Crippen molar-refractivity contribution in [2.75, 3.05) is 6.54 Å². The second-order valence-corrected chi connectivity index (χ2v) is 5.61. The molecule has 0 atom stereocenters. The smallest absolute Gasteiger partial charge is 0.325 e. The summed E-state index contributed by atoms with van der Waals surface area (Å²) in [5, 5.41) is 6.95. The Bertz CT molecular complexity index is 983. The number of esters is 1. The van der Waals surface area contributed by atoms with Gasteiger partial charge >= 0.3 is 5.97 Å². The molecule has 0 aliphatic heterocycles. The summed E-state index contributed by atoms with van der Waals surface area (Å²) in [6.07, 6.45) is 1.17. The van der Waals surface area contributed by atoms with Crippen LogP contribution >= 0.6 is 0 Å². The van der Waals surface area contributed by atoms with Crippen molar-refractivity contribution >= 4 is 22.8 Å². The first kappa shape index (κ1) is 17.3. The zero-order chi connectivity index (χ0) is 18.4. The first-order chi connectivity index (χ1) is 12.6. The predicted octanol–water partition coefficient (Wildman–Crippen LogP) is 1.26. The Kier molecular flexibility index (Phi) is 5.38. The van der Waals surface area contributed by atoms with Crippen molar-refractivity contribution in [2.45, 2.75) is 13.2 Å². The van der Waals surface area contributed by atoms with Gasteiger partial charge < -0.3 is 10.1 Å². The molecule has 3 rings (SSSR count). The van der Waals surface area contributed by atoms with Gasteiger partial charge in [-0.2, -0.15) is 5.10 Å². The molecule has 3 aromatic rings. The summed E-state index contributed by atoms with van der Waals surface area (Å²) >= 11 is 0. The highest BCUT2D eigenvalue weighted by Crippen LogP contribution is 2.07. The zero-order valence-corrected chi connectivity index (χ0v) is 13.9. The first-order valence-electron chi connectivity index (χ1n) is 8.04. The van der Waals surface area contributed by atoms with E-state index in [1.54, 1.807) is 24.3 Å². The molecule has 1 heterocycles. The highest BCUT2D eigenvalue weighted by Gasteiger charge is 2.10. The van der Waals surface area contributed by atoms with Crippen molar-refractivity contribution in [3.8, 4) is 0 Å². The molecule has 7 nitrogen and oxygen atoms in total. The Hall–Kier alpha value is -3.48. The van der Waals surface area contributed by atoms with Crippen LogP contribution in [-0.4, -0.2) is 28.2 Å². The minimum atomic E-state index is -0.528. The van der Waals surface area contributed by atoms with Crippen LogP contribution in [0, 0.1) is 0 Å². The van der Waals surface area contributed by atoms with E-state index < -0.39 is 11.9 Å². The Balaban J connectivity index is 1.54. The number of rotatable bonds is 6. The van der Waals surface area contributed by atoms with Crippen LogP contribution < -0.4 is 10.7 Å². The summed E-state index contributed by atoms with van der Waals surface area (Å²) in [6.45, 7) is -0.183. The van der Waals surface area contributed by atoms with Crippen molar-refractivity contribution in [1.82, 2.24) is 15.1 Å². The lowest BCUT2D eigenvalue weighted by atomic mass is 10.2. The molecule has 1 N–H and O–H groups in total. The largest absolute Gasteiger partial charge is 0.460 e. The number of hydrogen-bond acceptors (Lipinski definition) is 5. The van der Waals surface area contributed by atoms with Crippen LogP contribution in [0.3, 0.4) is 0 Å². The molecule has 0 unspecified atom stereocenters. The van der Waals surface area contributed by atoms with Gasteiger partial charge in [0.25, 0.3) is 0 Å². The Morgan fingerprint density at radius 2 is 1.77 bits per heavy atom. The van der Waals surface area contributed by atoms with E-state index in [4.69, 9.17) is 4.74 Å². The molecule has 0 aliphatic rings. The van der Waals surface area contributed by atoms with E-state index >= 15 is 0 Å². The second-order valence-electron chi connectivity index (χ2n) is 5.61. The molecule has 132 valence electrons. The van der Waals surface area contributed by atoms with Crippen LogP contribution in [0.5, 0.6) is 0 Å². The van der Waals surface area contributed by atoms with Gasteiger partial charge in [-0.3, -0.25) is 19.1 Å². The first-order valence-corrected chi connectivity index (χ1v) is 8.04. The number of aromatic nitrogens is 2. The number of hydrogen-bond donors (Lipinski definition) is 1. The van der Waals surface area contributed by atoms with Crippen LogP contribution in [0.25, 0.3) is 10.9 Å². The van der Waals surface area contributed by atoms with Crippen molar-refractivity contribution < 1.29 is 14.3 Å². The van der Waals surface area contributed by atoms with Crippen molar-refractivity contribution in [1.29, 1.82) is 0 Å². The summed E-state index contributed by atoms with van der Waals surface area (Å²) < 4.78 is 6.52. The van der Waals surface area contributed by atoms with Crippen LogP contribution in [0.1, 0.15) is 5.56 Å². The van der Waals surface area contributed by atoms with Crippen molar-refractivity contribution in [2.24, 2.45) is 0 Å². The van der Waals surface area contributed by atoms with Gasteiger partial charge in [-0.25, -0.2) is 0 Å². The van der Waals surface area contributed by atoms with Gasteiger partial charge in [-0.15, -0.1) is 0 Å². The highest BCUT2D eigenvalue weighted by atomic mass is 16.5. The van der Waals surface area contributed by atoms with Gasteiger partial charge in [0.2, 0.25) is 11.3 Å². The van der Waals surface area contributed by atoms with E-state index in [2.05, 4.69) is 10.4 Å². The number of benzene rings is 2. The summed E-state index contributed by atoms with van der Waals surface area (Å²) in [5.74, 6) is -0.928. The van der Waals surface area contributed by atoms with Crippen molar-refractivity contribution in [3.05, 3.63) is 76.6 Å². The maximum Gasteiger partial charge on any atom is 0.325 e. The fourth-order valence-corrected chi connectivity index (χ4v) is 2.44. The highest BCUT2D eigenvalue weighted by molar-refractivity contribution is 5.84. The van der Waals surface area contributed by atoms with E-state index in [9.17, 15) is 14.4 Å². The molecular weight excluding hydrogens is 334 g/mol. The van der Waals surface area contributed by atoms with Crippen molar-refractivity contribution in [3.63, 3.8) is 0 Å². The average molecular weight is 351 g/mol. The molecule has 0 aliphatic carbocycles. The molecule has 0 saturated carbocycles. The number of amides is 1. The number of carbonyl (C=O) groups excluding carboxylic acids is 2. The van der Waals surface area contributed by atoms with E-state index in [0.29, 0.717) is 10.9 Å². The summed E-state index contributed by atoms with van der Waals surface area (Å²) in [5.41, 5.74) is 1.22. The molecular formula is C19H17N3O4. The van der Waals surface area contributed by atoms with Gasteiger partial charge in [-0.05, 0) is 17.7 Å². The third kappa shape index (κ3) is 4.32. The molecule has 2 aromatic carbocycles. The number of nitrogens with zero attached hydrogens (tertiary/aromatic N) is 2. The predicted molar refractivity (Wildman–Crippen MR) is 95.3 cm³/mol. The van der Waals surface area contributed by atoms with Crippen LogP contribution in [0.4, 0.5) is 0 Å². The lowest BCUT2D eigenvalue weighted by molar-refractivity contribution is -0.145. The second kappa shape index (κ2) is 8.06. The van der Waals surface area contributed by atoms with Crippen LogP contribution in [0.2, 0.25) is 0 Å². The molecule has 1 aromatic heterocycles. The Morgan fingerprint density at radius 3 is 2.58 bits per heavy atom. The van der Waals surface area contributed by atoms with E-state index in [1.165, 1.54) is 10.9 Å². The normalized spacial score (nSPS) is 10.5.